The highest BCUT2D eigenvalue weighted by molar-refractivity contribution is 5.89. The van der Waals surface area contributed by atoms with E-state index in [0.717, 1.165) is 41.0 Å². The summed E-state index contributed by atoms with van der Waals surface area (Å²) in [5.41, 5.74) is 2.18. The Bertz CT molecular complexity index is 858. The normalized spacial score (nSPS) is 14.3. The Labute approximate surface area is 134 Å². The number of amides is 1. The number of aryl methyl sites for hydroxylation is 1. The van der Waals surface area contributed by atoms with Crippen molar-refractivity contribution in [3.8, 4) is 0 Å². The lowest BCUT2D eigenvalue weighted by Gasteiger charge is -2.02. The molecule has 118 valence electrons. The molecule has 0 bridgehead atoms. The predicted octanol–water partition coefficient (Wildman–Crippen LogP) is 2.90. The number of hydrogen-bond acceptors (Lipinski definition) is 3. The van der Waals surface area contributed by atoms with Crippen LogP contribution in [0.4, 0.5) is 0 Å². The average molecular weight is 309 g/mol. The van der Waals surface area contributed by atoms with Crippen molar-refractivity contribution in [2.75, 3.05) is 0 Å². The molecule has 5 heteroatoms. The van der Waals surface area contributed by atoms with Gasteiger partial charge in [0.25, 0.3) is 0 Å². The molecule has 23 heavy (non-hydrogen) atoms. The number of aromatic nitrogens is 2. The van der Waals surface area contributed by atoms with Crippen LogP contribution in [0.5, 0.6) is 0 Å². The molecule has 0 spiro atoms. The maximum absolute atomic E-state index is 12.2. The second-order valence-corrected chi connectivity index (χ2v) is 6.17. The van der Waals surface area contributed by atoms with Crippen LogP contribution in [0.3, 0.4) is 0 Å². The van der Waals surface area contributed by atoms with Crippen molar-refractivity contribution in [3.63, 3.8) is 0 Å². The number of carbonyl (C=O) groups is 1. The topological polar surface area (TPSA) is 60.1 Å². The number of para-hydroxylation sites is 1. The summed E-state index contributed by atoms with van der Waals surface area (Å²) in [5.74, 6) is 2.02. The second kappa shape index (κ2) is 5.57. The van der Waals surface area contributed by atoms with E-state index in [1.54, 1.807) is 6.20 Å². The molecule has 2 aromatic heterocycles. The molecule has 1 amide bonds. The van der Waals surface area contributed by atoms with Gasteiger partial charge in [-0.2, -0.15) is 0 Å². The van der Waals surface area contributed by atoms with Gasteiger partial charge >= 0.3 is 0 Å². The number of fused-ring (bicyclic) bond motifs is 1. The zero-order chi connectivity index (χ0) is 15.8. The minimum absolute atomic E-state index is 0.00859. The molecule has 1 saturated carbocycles. The third-order valence-electron chi connectivity index (χ3n) is 4.29. The molecule has 2 heterocycles. The summed E-state index contributed by atoms with van der Waals surface area (Å²) >= 11 is 0. The lowest BCUT2D eigenvalue weighted by atomic mass is 10.1. The predicted molar refractivity (Wildman–Crippen MR) is 86.9 cm³/mol. The Hall–Kier alpha value is -2.56. The zero-order valence-corrected chi connectivity index (χ0v) is 13.1. The summed E-state index contributed by atoms with van der Waals surface area (Å²) in [5, 5.41) is 4.04. The first-order valence-corrected chi connectivity index (χ1v) is 7.95. The van der Waals surface area contributed by atoms with E-state index in [2.05, 4.69) is 27.0 Å². The number of benzene rings is 1. The van der Waals surface area contributed by atoms with Crippen LogP contribution < -0.4 is 5.32 Å². The summed E-state index contributed by atoms with van der Waals surface area (Å²) in [4.78, 5) is 16.5. The van der Waals surface area contributed by atoms with Crippen molar-refractivity contribution >= 4 is 16.8 Å². The Morgan fingerprint density at radius 2 is 2.22 bits per heavy atom. The van der Waals surface area contributed by atoms with Gasteiger partial charge in [0.15, 0.2) is 5.89 Å². The summed E-state index contributed by atoms with van der Waals surface area (Å²) in [7, 11) is 2.00. The van der Waals surface area contributed by atoms with Crippen LogP contribution in [-0.2, 0) is 24.8 Å². The van der Waals surface area contributed by atoms with E-state index in [4.69, 9.17) is 4.42 Å². The van der Waals surface area contributed by atoms with Gasteiger partial charge in [0, 0.05) is 30.1 Å². The Morgan fingerprint density at radius 3 is 3.04 bits per heavy atom. The maximum atomic E-state index is 12.2. The van der Waals surface area contributed by atoms with Crippen molar-refractivity contribution in [2.24, 2.45) is 7.05 Å². The third kappa shape index (κ3) is 2.86. The van der Waals surface area contributed by atoms with Gasteiger partial charge in [-0.3, -0.25) is 4.79 Å². The molecule has 4 rings (SSSR count). The van der Waals surface area contributed by atoms with Crippen LogP contribution in [0.2, 0.25) is 0 Å². The molecule has 0 radical (unpaired) electrons. The SMILES string of the molecule is Cn1cc(CC(=O)NCc2cnc(C3CC3)o2)c2ccccc21. The fraction of sp³-hybridized carbons (Fsp3) is 0.333. The van der Waals surface area contributed by atoms with Gasteiger partial charge in [-0.25, -0.2) is 4.98 Å². The van der Waals surface area contributed by atoms with E-state index in [-0.39, 0.29) is 5.91 Å². The first-order valence-electron chi connectivity index (χ1n) is 7.95. The van der Waals surface area contributed by atoms with Crippen LogP contribution >= 0.6 is 0 Å². The minimum atomic E-state index is -0.00859. The second-order valence-electron chi connectivity index (χ2n) is 6.17. The molecule has 3 aromatic rings. The van der Waals surface area contributed by atoms with Crippen molar-refractivity contribution in [1.29, 1.82) is 0 Å². The molecule has 0 atom stereocenters. The minimum Gasteiger partial charge on any atom is -0.444 e. The van der Waals surface area contributed by atoms with Crippen LogP contribution in [0.1, 0.15) is 36.0 Å². The molecule has 1 aromatic carbocycles. The fourth-order valence-electron chi connectivity index (χ4n) is 2.91. The van der Waals surface area contributed by atoms with Crippen molar-refractivity contribution in [1.82, 2.24) is 14.9 Å². The third-order valence-corrected chi connectivity index (χ3v) is 4.29. The highest BCUT2D eigenvalue weighted by Gasteiger charge is 2.28. The Kier molecular flexibility index (Phi) is 3.41. The Morgan fingerprint density at radius 1 is 1.39 bits per heavy atom. The molecule has 0 aliphatic heterocycles. The van der Waals surface area contributed by atoms with E-state index in [9.17, 15) is 4.79 Å². The smallest absolute Gasteiger partial charge is 0.224 e. The van der Waals surface area contributed by atoms with Crippen molar-refractivity contribution in [3.05, 3.63) is 53.9 Å². The van der Waals surface area contributed by atoms with Crippen molar-refractivity contribution < 1.29 is 9.21 Å². The number of nitrogens with zero attached hydrogens (tertiary/aromatic N) is 2. The van der Waals surface area contributed by atoms with Gasteiger partial charge < -0.3 is 14.3 Å². The molecule has 0 unspecified atom stereocenters. The quantitative estimate of drug-likeness (QED) is 0.788. The average Bonchev–Trinajstić information content (AvgIpc) is 3.22. The molecular weight excluding hydrogens is 290 g/mol. The van der Waals surface area contributed by atoms with Gasteiger partial charge in [-0.1, -0.05) is 18.2 Å². The fourth-order valence-corrected chi connectivity index (χ4v) is 2.91. The van der Waals surface area contributed by atoms with E-state index in [1.807, 2.05) is 25.4 Å². The lowest BCUT2D eigenvalue weighted by Crippen LogP contribution is -2.24. The summed E-state index contributed by atoms with van der Waals surface area (Å²) in [6.45, 7) is 0.392. The molecule has 5 nitrogen and oxygen atoms in total. The number of hydrogen-bond donors (Lipinski definition) is 1. The molecule has 1 aliphatic carbocycles. The molecule has 1 N–H and O–H groups in total. The number of rotatable bonds is 5. The summed E-state index contributed by atoms with van der Waals surface area (Å²) in [6.07, 6.45) is 6.42. The van der Waals surface area contributed by atoms with E-state index < -0.39 is 0 Å². The zero-order valence-electron chi connectivity index (χ0n) is 13.1. The van der Waals surface area contributed by atoms with Gasteiger partial charge in [-0.15, -0.1) is 0 Å². The largest absolute Gasteiger partial charge is 0.444 e. The van der Waals surface area contributed by atoms with Gasteiger partial charge in [-0.05, 0) is 24.5 Å². The molecule has 1 fully saturated rings. The van der Waals surface area contributed by atoms with Crippen LogP contribution in [-0.4, -0.2) is 15.5 Å². The summed E-state index contributed by atoms with van der Waals surface area (Å²) in [6, 6.07) is 8.12. The molecule has 1 aliphatic rings. The first kappa shape index (κ1) is 14.1. The molecule has 0 saturated heterocycles. The van der Waals surface area contributed by atoms with E-state index >= 15 is 0 Å². The number of oxazole rings is 1. The van der Waals surface area contributed by atoms with Crippen LogP contribution in [0.15, 0.2) is 41.1 Å². The van der Waals surface area contributed by atoms with Gasteiger partial charge in [0.05, 0.1) is 19.2 Å². The first-order chi connectivity index (χ1) is 11.2. The molecular formula is C18H19N3O2. The van der Waals surface area contributed by atoms with Crippen molar-refractivity contribution in [2.45, 2.75) is 31.7 Å². The van der Waals surface area contributed by atoms with E-state index in [1.165, 1.54) is 0 Å². The van der Waals surface area contributed by atoms with Crippen LogP contribution in [0.25, 0.3) is 10.9 Å². The number of carbonyl (C=O) groups excluding carboxylic acids is 1. The Balaban J connectivity index is 1.40. The summed E-state index contributed by atoms with van der Waals surface area (Å²) < 4.78 is 7.70. The highest BCUT2D eigenvalue weighted by atomic mass is 16.4. The standard InChI is InChI=1S/C18H19N3O2/c1-21-11-13(15-4-2-3-5-16(15)21)8-17(22)19-9-14-10-20-18(23-14)12-6-7-12/h2-5,10-12H,6-9H2,1H3,(H,19,22). The number of nitrogens with one attached hydrogen (secondary N) is 1. The van der Waals surface area contributed by atoms with E-state index in [0.29, 0.717) is 18.9 Å². The maximum Gasteiger partial charge on any atom is 0.224 e. The van der Waals surface area contributed by atoms with Gasteiger partial charge in [0.2, 0.25) is 5.91 Å². The van der Waals surface area contributed by atoms with Gasteiger partial charge in [0.1, 0.15) is 5.76 Å². The van der Waals surface area contributed by atoms with Crippen LogP contribution in [0, 0.1) is 0 Å². The lowest BCUT2D eigenvalue weighted by molar-refractivity contribution is -0.120. The highest BCUT2D eigenvalue weighted by Crippen LogP contribution is 2.39. The monoisotopic (exact) mass is 309 g/mol.